The molecule has 16 heavy (non-hydrogen) atoms. The van der Waals surface area contributed by atoms with Crippen LogP contribution >= 0.6 is 0 Å². The molecule has 88 valence electrons. The molecule has 1 rings (SSSR count). The third-order valence-corrected chi connectivity index (χ3v) is 4.94. The highest BCUT2D eigenvalue weighted by molar-refractivity contribution is 6.75. The van der Waals surface area contributed by atoms with Gasteiger partial charge in [0.25, 0.3) is 0 Å². The second kappa shape index (κ2) is 5.22. The van der Waals surface area contributed by atoms with Crippen molar-refractivity contribution in [3.63, 3.8) is 0 Å². The van der Waals surface area contributed by atoms with Crippen molar-refractivity contribution in [2.75, 3.05) is 21.3 Å². The monoisotopic (exact) mass is 241 g/mol. The van der Waals surface area contributed by atoms with Crippen molar-refractivity contribution in [3.8, 4) is 0 Å². The van der Waals surface area contributed by atoms with Gasteiger partial charge in [0, 0.05) is 32.1 Å². The third-order valence-electron chi connectivity index (χ3n) is 2.31. The molecule has 1 aromatic carbocycles. The molecule has 0 aromatic heterocycles. The molecule has 0 saturated carbocycles. The summed E-state index contributed by atoms with van der Waals surface area (Å²) >= 11 is 0. The molecule has 0 spiro atoms. The second-order valence-corrected chi connectivity index (χ2v) is 6.03. The van der Waals surface area contributed by atoms with Crippen molar-refractivity contribution in [3.05, 3.63) is 29.8 Å². The average molecular weight is 241 g/mol. The Labute approximate surface area is 95.5 Å². The molecule has 0 atom stereocenters. The highest BCUT2D eigenvalue weighted by atomic mass is 28.4. The van der Waals surface area contributed by atoms with Crippen molar-refractivity contribution in [1.82, 2.24) is 0 Å². The molecule has 0 aliphatic heterocycles. The van der Waals surface area contributed by atoms with Gasteiger partial charge in [0.15, 0.2) is 0 Å². The van der Waals surface area contributed by atoms with Gasteiger partial charge in [-0.15, -0.1) is 0 Å². The number of hydrogen-bond acceptors (Lipinski definition) is 4. The van der Waals surface area contributed by atoms with E-state index in [4.69, 9.17) is 19.0 Å². The molecule has 1 amide bonds. The number of carbonyl (C=O) groups excluding carboxylic acids is 1. The zero-order chi connectivity index (χ0) is 12.2. The van der Waals surface area contributed by atoms with Gasteiger partial charge in [0.05, 0.1) is 0 Å². The van der Waals surface area contributed by atoms with Crippen LogP contribution in [0.3, 0.4) is 0 Å². The molecule has 0 fully saturated rings. The van der Waals surface area contributed by atoms with E-state index in [0.717, 1.165) is 0 Å². The van der Waals surface area contributed by atoms with Crippen LogP contribution in [-0.4, -0.2) is 36.0 Å². The minimum Gasteiger partial charge on any atom is -0.373 e. The lowest BCUT2D eigenvalue weighted by atomic mass is 10.2. The topological polar surface area (TPSA) is 70.8 Å². The Bertz CT molecular complexity index is 371. The van der Waals surface area contributed by atoms with Crippen LogP contribution in [-0.2, 0) is 13.3 Å². The van der Waals surface area contributed by atoms with Gasteiger partial charge < -0.3 is 19.0 Å². The van der Waals surface area contributed by atoms with Gasteiger partial charge in [-0.3, -0.25) is 4.79 Å². The van der Waals surface area contributed by atoms with Crippen molar-refractivity contribution in [2.24, 2.45) is 5.73 Å². The Kier molecular flexibility index (Phi) is 4.19. The Morgan fingerprint density at radius 2 is 1.75 bits per heavy atom. The predicted octanol–water partition coefficient (Wildman–Crippen LogP) is -0.129. The fourth-order valence-electron chi connectivity index (χ4n) is 1.47. The highest BCUT2D eigenvalue weighted by Gasteiger charge is 2.40. The maximum atomic E-state index is 11.1. The van der Waals surface area contributed by atoms with Crippen LogP contribution in [0.2, 0.25) is 0 Å². The van der Waals surface area contributed by atoms with E-state index < -0.39 is 14.7 Å². The quantitative estimate of drug-likeness (QED) is 0.729. The maximum absolute atomic E-state index is 11.1. The normalized spacial score (nSPS) is 11.4. The lowest BCUT2D eigenvalue weighted by Crippen LogP contribution is -2.54. The smallest absolute Gasteiger partial charge is 0.373 e. The van der Waals surface area contributed by atoms with Crippen molar-refractivity contribution >= 4 is 19.9 Å². The van der Waals surface area contributed by atoms with E-state index in [-0.39, 0.29) is 0 Å². The number of rotatable bonds is 5. The summed E-state index contributed by atoms with van der Waals surface area (Å²) in [6, 6.07) is 6.76. The minimum absolute atomic E-state index is 0.403. The molecule has 0 radical (unpaired) electrons. The summed E-state index contributed by atoms with van der Waals surface area (Å²) in [6.07, 6.45) is 0. The zero-order valence-corrected chi connectivity index (χ0v) is 10.5. The van der Waals surface area contributed by atoms with Crippen LogP contribution in [0, 0.1) is 0 Å². The molecule has 6 heteroatoms. The van der Waals surface area contributed by atoms with Gasteiger partial charge in [-0.1, -0.05) is 12.1 Å². The molecule has 2 N–H and O–H groups in total. The number of amides is 1. The van der Waals surface area contributed by atoms with Gasteiger partial charge in [0.2, 0.25) is 5.91 Å². The van der Waals surface area contributed by atoms with Crippen LogP contribution < -0.4 is 10.9 Å². The molecular weight excluding hydrogens is 226 g/mol. The van der Waals surface area contributed by atoms with Crippen molar-refractivity contribution in [2.45, 2.75) is 0 Å². The molecule has 0 aliphatic rings. The van der Waals surface area contributed by atoms with Crippen LogP contribution in [0.15, 0.2) is 24.3 Å². The predicted molar refractivity (Wildman–Crippen MR) is 61.4 cm³/mol. The van der Waals surface area contributed by atoms with Gasteiger partial charge in [-0.25, -0.2) is 0 Å². The first-order chi connectivity index (χ1) is 7.59. The number of benzene rings is 1. The lowest BCUT2D eigenvalue weighted by Gasteiger charge is -2.24. The first-order valence-electron chi connectivity index (χ1n) is 4.65. The van der Waals surface area contributed by atoms with E-state index in [1.54, 1.807) is 24.3 Å². The van der Waals surface area contributed by atoms with Crippen LogP contribution in [0.1, 0.15) is 10.4 Å². The molecule has 0 saturated heterocycles. The highest BCUT2D eigenvalue weighted by Crippen LogP contribution is 2.08. The van der Waals surface area contributed by atoms with Gasteiger partial charge in [-0.2, -0.15) is 0 Å². The Hall–Kier alpha value is -1.21. The van der Waals surface area contributed by atoms with E-state index >= 15 is 0 Å². The number of nitrogens with two attached hydrogens (primary N) is 1. The standard InChI is InChI=1S/C10H15NO4Si/c1-13-16(14-2,15-3)9-6-4-5-8(7-9)10(11)12/h4-7H,1-3H3,(H2,11,12). The average Bonchev–Trinajstić information content (AvgIpc) is 2.32. The number of hydrogen-bond donors (Lipinski definition) is 1. The van der Waals surface area contributed by atoms with E-state index in [0.29, 0.717) is 10.8 Å². The Morgan fingerprint density at radius 3 is 2.19 bits per heavy atom. The van der Waals surface area contributed by atoms with Gasteiger partial charge >= 0.3 is 8.80 Å². The molecule has 0 heterocycles. The zero-order valence-electron chi connectivity index (χ0n) is 9.52. The maximum Gasteiger partial charge on any atom is 0.536 e. The minimum atomic E-state index is -2.88. The summed E-state index contributed by atoms with van der Waals surface area (Å²) in [5.41, 5.74) is 5.61. The van der Waals surface area contributed by atoms with Crippen molar-refractivity contribution < 1.29 is 18.1 Å². The van der Waals surface area contributed by atoms with Crippen molar-refractivity contribution in [1.29, 1.82) is 0 Å². The first kappa shape index (κ1) is 12.9. The van der Waals surface area contributed by atoms with E-state index in [9.17, 15) is 4.79 Å². The van der Waals surface area contributed by atoms with Gasteiger partial charge in [-0.05, 0) is 12.1 Å². The first-order valence-corrected chi connectivity index (χ1v) is 6.38. The van der Waals surface area contributed by atoms with Crippen LogP contribution in [0.25, 0.3) is 0 Å². The lowest BCUT2D eigenvalue weighted by molar-refractivity contribution is 0.100. The number of carbonyl (C=O) groups is 1. The molecule has 0 aliphatic carbocycles. The van der Waals surface area contributed by atoms with Crippen LogP contribution in [0.4, 0.5) is 0 Å². The molecule has 1 aromatic rings. The largest absolute Gasteiger partial charge is 0.536 e. The molecular formula is C10H15NO4Si. The Balaban J connectivity index is 3.20. The summed E-state index contributed by atoms with van der Waals surface area (Å²) in [5, 5.41) is 0.705. The van der Waals surface area contributed by atoms with E-state index in [1.165, 1.54) is 21.3 Å². The van der Waals surface area contributed by atoms with Crippen LogP contribution in [0.5, 0.6) is 0 Å². The molecule has 5 nitrogen and oxygen atoms in total. The molecule has 0 bridgehead atoms. The molecule has 0 unspecified atom stereocenters. The Morgan fingerprint density at radius 1 is 1.19 bits per heavy atom. The summed E-state index contributed by atoms with van der Waals surface area (Å²) in [6.45, 7) is 0. The summed E-state index contributed by atoms with van der Waals surface area (Å²) in [5.74, 6) is -0.493. The van der Waals surface area contributed by atoms with Gasteiger partial charge in [0.1, 0.15) is 0 Å². The fraction of sp³-hybridized carbons (Fsp3) is 0.300. The second-order valence-electron chi connectivity index (χ2n) is 3.11. The SMILES string of the molecule is CO[Si](OC)(OC)c1cccc(C(N)=O)c1. The fourth-order valence-corrected chi connectivity index (χ4v) is 3.31. The summed E-state index contributed by atoms with van der Waals surface area (Å²) in [7, 11) is 1.65. The summed E-state index contributed by atoms with van der Waals surface area (Å²) in [4.78, 5) is 11.1. The summed E-state index contributed by atoms with van der Waals surface area (Å²) < 4.78 is 15.9. The van der Waals surface area contributed by atoms with E-state index in [2.05, 4.69) is 0 Å². The number of primary amides is 1. The third kappa shape index (κ3) is 2.30. The van der Waals surface area contributed by atoms with E-state index in [1.807, 2.05) is 0 Å².